The molecule has 1 unspecified atom stereocenters. The molecule has 116 valence electrons. The van der Waals surface area contributed by atoms with Crippen molar-refractivity contribution in [3.63, 3.8) is 0 Å². The molecule has 1 aromatic carbocycles. The number of rotatable bonds is 5. The molecule has 1 aromatic rings. The Bertz CT molecular complexity index is 624. The number of halogens is 1. The lowest BCUT2D eigenvalue weighted by molar-refractivity contribution is 0.0907. The number of nitrogens with one attached hydrogen (secondary N) is 1. The topological polar surface area (TPSA) is 72.5 Å². The molecule has 1 saturated heterocycles. The maximum absolute atomic E-state index is 12.1. The summed E-state index contributed by atoms with van der Waals surface area (Å²) in [5.41, 5.74) is 0.961. The first-order valence-corrected chi connectivity index (χ1v) is 9.13. The molecule has 1 atom stereocenters. The summed E-state index contributed by atoms with van der Waals surface area (Å²) in [6.45, 7) is 3.00. The molecule has 0 saturated carbocycles. The molecule has 1 fully saturated rings. The third-order valence-electron chi connectivity index (χ3n) is 3.37. The van der Waals surface area contributed by atoms with E-state index in [1.54, 1.807) is 13.0 Å². The average Bonchev–Trinajstić information content (AvgIpc) is 2.90. The van der Waals surface area contributed by atoms with Gasteiger partial charge in [0.2, 0.25) is 0 Å². The highest BCUT2D eigenvalue weighted by atomic mass is 35.7. The molecule has 1 aliphatic heterocycles. The maximum Gasteiger partial charge on any atom is 0.261 e. The largest absolute Gasteiger partial charge is 0.378 e. The molecular formula is C14H18ClNO4S. The monoisotopic (exact) mass is 331 g/mol. The molecule has 7 heteroatoms. The van der Waals surface area contributed by atoms with Crippen molar-refractivity contribution in [3.05, 3.63) is 29.3 Å². The summed E-state index contributed by atoms with van der Waals surface area (Å²) in [6, 6.07) is 4.36. The molecule has 2 rings (SSSR count). The van der Waals surface area contributed by atoms with Crippen LogP contribution in [0.3, 0.4) is 0 Å². The number of amides is 1. The zero-order valence-electron chi connectivity index (χ0n) is 11.8. The first kappa shape index (κ1) is 16.3. The van der Waals surface area contributed by atoms with Gasteiger partial charge in [-0.25, -0.2) is 8.42 Å². The third kappa shape index (κ3) is 4.69. The molecule has 1 aliphatic rings. The molecule has 5 nitrogen and oxygen atoms in total. The summed E-state index contributed by atoms with van der Waals surface area (Å²) in [6.07, 6.45) is 3.06. The predicted octanol–water partition coefficient (Wildman–Crippen LogP) is 2.22. The van der Waals surface area contributed by atoms with E-state index in [-0.39, 0.29) is 16.9 Å². The Balaban J connectivity index is 2.00. The van der Waals surface area contributed by atoms with Crippen LogP contribution in [0.15, 0.2) is 23.1 Å². The highest BCUT2D eigenvalue weighted by Gasteiger charge is 2.17. The molecule has 1 N–H and O–H groups in total. The van der Waals surface area contributed by atoms with Gasteiger partial charge in [-0.3, -0.25) is 4.79 Å². The number of benzene rings is 1. The van der Waals surface area contributed by atoms with Crippen molar-refractivity contribution in [1.29, 1.82) is 0 Å². The normalized spacial score (nSPS) is 18.7. The van der Waals surface area contributed by atoms with E-state index in [0.717, 1.165) is 25.9 Å². The van der Waals surface area contributed by atoms with Crippen LogP contribution in [0.5, 0.6) is 0 Å². The van der Waals surface area contributed by atoms with Gasteiger partial charge in [-0.05, 0) is 49.9 Å². The molecule has 0 spiro atoms. The third-order valence-corrected chi connectivity index (χ3v) is 4.70. The summed E-state index contributed by atoms with van der Waals surface area (Å²) in [7, 11) is 1.48. The van der Waals surface area contributed by atoms with Crippen molar-refractivity contribution in [3.8, 4) is 0 Å². The summed E-state index contributed by atoms with van der Waals surface area (Å²) >= 11 is 0. The van der Waals surface area contributed by atoms with Crippen LogP contribution in [-0.4, -0.2) is 33.6 Å². The Hall–Kier alpha value is -1.11. The lowest BCUT2D eigenvalue weighted by Gasteiger charge is -2.11. The Labute approximate surface area is 129 Å². The van der Waals surface area contributed by atoms with Crippen LogP contribution in [0.4, 0.5) is 0 Å². The van der Waals surface area contributed by atoms with Gasteiger partial charge in [0.1, 0.15) is 0 Å². The molecule has 0 aliphatic carbocycles. The quantitative estimate of drug-likeness (QED) is 0.840. The average molecular weight is 332 g/mol. The first-order valence-electron chi connectivity index (χ1n) is 6.82. The number of ether oxygens (including phenoxy) is 1. The van der Waals surface area contributed by atoms with E-state index in [1.165, 1.54) is 12.1 Å². The fraction of sp³-hybridized carbons (Fsp3) is 0.500. The molecule has 1 amide bonds. The minimum atomic E-state index is -3.84. The van der Waals surface area contributed by atoms with Crippen LogP contribution in [-0.2, 0) is 13.8 Å². The number of carbonyl (C=O) groups excluding carboxylic acids is 1. The minimum Gasteiger partial charge on any atom is -0.378 e. The second-order valence-electron chi connectivity index (χ2n) is 5.15. The van der Waals surface area contributed by atoms with Gasteiger partial charge in [0, 0.05) is 29.4 Å². The highest BCUT2D eigenvalue weighted by molar-refractivity contribution is 8.13. The molecule has 0 radical (unpaired) electrons. The standard InChI is InChI=1S/C14H18ClNO4S/c1-10-7-11(9-13(8-10)21(15,18)19)14(17)16-5-4-12-3-2-6-20-12/h7-9,12H,2-6H2,1H3,(H,16,17). The van der Waals surface area contributed by atoms with Crippen molar-refractivity contribution in [2.45, 2.75) is 37.2 Å². The summed E-state index contributed by atoms with van der Waals surface area (Å²) in [5, 5.41) is 2.77. The molecule has 0 aromatic heterocycles. The molecular weight excluding hydrogens is 314 g/mol. The van der Waals surface area contributed by atoms with Gasteiger partial charge < -0.3 is 10.1 Å². The zero-order chi connectivity index (χ0) is 15.5. The Morgan fingerprint density at radius 1 is 1.43 bits per heavy atom. The van der Waals surface area contributed by atoms with Crippen molar-refractivity contribution >= 4 is 25.6 Å². The highest BCUT2D eigenvalue weighted by Crippen LogP contribution is 2.19. The van der Waals surface area contributed by atoms with Crippen LogP contribution >= 0.6 is 10.7 Å². The Kier molecular flexibility index (Phi) is 5.24. The van der Waals surface area contributed by atoms with Gasteiger partial charge >= 0.3 is 0 Å². The van der Waals surface area contributed by atoms with E-state index in [0.29, 0.717) is 17.7 Å². The summed E-state index contributed by atoms with van der Waals surface area (Å²) < 4.78 is 28.2. The maximum atomic E-state index is 12.1. The van der Waals surface area contributed by atoms with E-state index in [9.17, 15) is 13.2 Å². The van der Waals surface area contributed by atoms with Gasteiger partial charge in [-0.15, -0.1) is 0 Å². The van der Waals surface area contributed by atoms with Crippen LogP contribution in [0, 0.1) is 6.92 Å². The van der Waals surface area contributed by atoms with E-state index >= 15 is 0 Å². The van der Waals surface area contributed by atoms with E-state index < -0.39 is 9.05 Å². The van der Waals surface area contributed by atoms with Crippen molar-refractivity contribution in [2.75, 3.05) is 13.2 Å². The predicted molar refractivity (Wildman–Crippen MR) is 80.1 cm³/mol. The van der Waals surface area contributed by atoms with Gasteiger partial charge in [0.05, 0.1) is 11.0 Å². The van der Waals surface area contributed by atoms with Crippen molar-refractivity contribution in [1.82, 2.24) is 5.32 Å². The van der Waals surface area contributed by atoms with Crippen molar-refractivity contribution in [2.24, 2.45) is 0 Å². The summed E-state index contributed by atoms with van der Waals surface area (Å²) in [4.78, 5) is 12.0. The Morgan fingerprint density at radius 3 is 2.81 bits per heavy atom. The smallest absolute Gasteiger partial charge is 0.261 e. The zero-order valence-corrected chi connectivity index (χ0v) is 13.3. The number of carbonyl (C=O) groups is 1. The lowest BCUT2D eigenvalue weighted by Crippen LogP contribution is -2.27. The SMILES string of the molecule is Cc1cc(C(=O)NCCC2CCCO2)cc(S(=O)(=O)Cl)c1. The van der Waals surface area contributed by atoms with Gasteiger partial charge in [0.25, 0.3) is 15.0 Å². The first-order chi connectivity index (χ1) is 9.86. The van der Waals surface area contributed by atoms with Gasteiger partial charge in [0.15, 0.2) is 0 Å². The number of hydrogen-bond acceptors (Lipinski definition) is 4. The molecule has 21 heavy (non-hydrogen) atoms. The molecule has 1 heterocycles. The van der Waals surface area contributed by atoms with E-state index in [2.05, 4.69) is 5.32 Å². The van der Waals surface area contributed by atoms with Crippen LogP contribution in [0.2, 0.25) is 0 Å². The fourth-order valence-electron chi connectivity index (χ4n) is 2.34. The van der Waals surface area contributed by atoms with Crippen molar-refractivity contribution < 1.29 is 17.9 Å². The number of hydrogen-bond donors (Lipinski definition) is 1. The van der Waals surface area contributed by atoms with Gasteiger partial charge in [-0.2, -0.15) is 0 Å². The number of aryl methyl sites for hydroxylation is 1. The fourth-order valence-corrected chi connectivity index (χ4v) is 3.20. The van der Waals surface area contributed by atoms with E-state index in [4.69, 9.17) is 15.4 Å². The minimum absolute atomic E-state index is 0.0616. The molecule has 0 bridgehead atoms. The Morgan fingerprint density at radius 2 is 2.19 bits per heavy atom. The lowest BCUT2D eigenvalue weighted by atomic mass is 10.1. The summed E-state index contributed by atoms with van der Waals surface area (Å²) in [5.74, 6) is -0.307. The van der Waals surface area contributed by atoms with Crippen LogP contribution in [0.25, 0.3) is 0 Å². The second-order valence-corrected chi connectivity index (χ2v) is 7.72. The van der Waals surface area contributed by atoms with Crippen LogP contribution < -0.4 is 5.32 Å². The van der Waals surface area contributed by atoms with E-state index in [1.807, 2.05) is 0 Å². The second kappa shape index (κ2) is 6.77. The van der Waals surface area contributed by atoms with Gasteiger partial charge in [-0.1, -0.05) is 0 Å². The van der Waals surface area contributed by atoms with Crippen LogP contribution in [0.1, 0.15) is 35.2 Å².